The third-order valence-corrected chi connectivity index (χ3v) is 6.06. The van der Waals surface area contributed by atoms with Crippen LogP contribution in [0.2, 0.25) is 0 Å². The molecule has 0 bridgehead atoms. The number of nitrogens with zero attached hydrogens (tertiary/aromatic N) is 1. The average Bonchev–Trinajstić information content (AvgIpc) is 3.32. The molecule has 1 fully saturated rings. The number of H-pyrrole nitrogens is 1. The van der Waals surface area contributed by atoms with Gasteiger partial charge in [0.15, 0.2) is 0 Å². The molecule has 0 spiro atoms. The summed E-state index contributed by atoms with van der Waals surface area (Å²) in [6.07, 6.45) is 0.545. The van der Waals surface area contributed by atoms with E-state index in [9.17, 15) is 18.0 Å². The molecule has 174 valence electrons. The molecule has 0 aliphatic heterocycles. The van der Waals surface area contributed by atoms with Crippen molar-refractivity contribution in [3.05, 3.63) is 77.7 Å². The Morgan fingerprint density at radius 2 is 1.82 bits per heavy atom. The van der Waals surface area contributed by atoms with Gasteiger partial charge >= 0.3 is 12.3 Å². The van der Waals surface area contributed by atoms with Gasteiger partial charge in [0.2, 0.25) is 0 Å². The number of hydrogen-bond acceptors (Lipinski definition) is 3. The van der Waals surface area contributed by atoms with Gasteiger partial charge in [0.25, 0.3) is 0 Å². The number of halogens is 3. The van der Waals surface area contributed by atoms with Crippen LogP contribution in [0.3, 0.4) is 0 Å². The summed E-state index contributed by atoms with van der Waals surface area (Å²) in [6, 6.07) is 14.7. The number of nitrogens with one attached hydrogen (secondary N) is 2. The Labute approximate surface area is 190 Å². The van der Waals surface area contributed by atoms with E-state index in [1.165, 1.54) is 6.07 Å². The molecule has 8 heteroatoms. The van der Waals surface area contributed by atoms with Crippen LogP contribution in [-0.4, -0.2) is 22.6 Å². The second kappa shape index (κ2) is 10.1. The van der Waals surface area contributed by atoms with Crippen molar-refractivity contribution >= 4 is 6.09 Å². The van der Waals surface area contributed by atoms with Crippen LogP contribution in [0.15, 0.2) is 60.8 Å². The third-order valence-electron chi connectivity index (χ3n) is 6.06. The van der Waals surface area contributed by atoms with Crippen molar-refractivity contribution in [1.29, 1.82) is 0 Å². The van der Waals surface area contributed by atoms with Crippen molar-refractivity contribution in [3.63, 3.8) is 0 Å². The second-order valence-corrected chi connectivity index (χ2v) is 8.41. The Kier molecular flexibility index (Phi) is 7.01. The predicted octanol–water partition coefficient (Wildman–Crippen LogP) is 6.30. The molecule has 1 aromatic heterocycles. The lowest BCUT2D eigenvalue weighted by Gasteiger charge is -2.27. The highest BCUT2D eigenvalue weighted by Gasteiger charge is 2.31. The van der Waals surface area contributed by atoms with Crippen LogP contribution >= 0.6 is 0 Å². The van der Waals surface area contributed by atoms with Gasteiger partial charge in [-0.15, -0.1) is 0 Å². The topological polar surface area (TPSA) is 67.0 Å². The Morgan fingerprint density at radius 1 is 1.06 bits per heavy atom. The molecule has 0 atom stereocenters. The van der Waals surface area contributed by atoms with Gasteiger partial charge in [-0.2, -0.15) is 13.2 Å². The van der Waals surface area contributed by atoms with Crippen LogP contribution in [0.1, 0.15) is 48.6 Å². The first-order valence-corrected chi connectivity index (χ1v) is 11.1. The van der Waals surface area contributed by atoms with Gasteiger partial charge in [0, 0.05) is 24.2 Å². The minimum atomic E-state index is -4.38. The number of amides is 1. The zero-order valence-electron chi connectivity index (χ0n) is 18.1. The molecule has 2 N–H and O–H groups in total. The first-order valence-electron chi connectivity index (χ1n) is 11.1. The minimum Gasteiger partial charge on any atom is -0.445 e. The summed E-state index contributed by atoms with van der Waals surface area (Å²) in [7, 11) is 0. The Balaban J connectivity index is 1.24. The molecule has 4 rings (SSSR count). The normalized spacial score (nSPS) is 18.6. The first kappa shape index (κ1) is 22.9. The van der Waals surface area contributed by atoms with E-state index in [2.05, 4.69) is 15.3 Å². The second-order valence-electron chi connectivity index (χ2n) is 8.41. The molecule has 3 aromatic rings. The van der Waals surface area contributed by atoms with Crippen LogP contribution in [0.5, 0.6) is 0 Å². The van der Waals surface area contributed by atoms with E-state index in [0.29, 0.717) is 23.7 Å². The number of rotatable bonds is 6. The van der Waals surface area contributed by atoms with Gasteiger partial charge in [0.05, 0.1) is 11.3 Å². The lowest BCUT2D eigenvalue weighted by atomic mass is 9.81. The van der Waals surface area contributed by atoms with E-state index in [1.807, 2.05) is 30.3 Å². The molecule has 1 aliphatic rings. The van der Waals surface area contributed by atoms with Gasteiger partial charge in [-0.25, -0.2) is 9.78 Å². The van der Waals surface area contributed by atoms with Crippen LogP contribution in [-0.2, 0) is 17.5 Å². The Morgan fingerprint density at radius 3 is 2.55 bits per heavy atom. The van der Waals surface area contributed by atoms with E-state index >= 15 is 0 Å². The molecule has 33 heavy (non-hydrogen) atoms. The highest BCUT2D eigenvalue weighted by Crippen LogP contribution is 2.36. The highest BCUT2D eigenvalue weighted by molar-refractivity contribution is 5.67. The lowest BCUT2D eigenvalue weighted by molar-refractivity contribution is -0.137. The van der Waals surface area contributed by atoms with Gasteiger partial charge in [-0.3, -0.25) is 0 Å². The van der Waals surface area contributed by atoms with Crippen LogP contribution in [0, 0.1) is 5.92 Å². The summed E-state index contributed by atoms with van der Waals surface area (Å²) in [5.74, 6) is 1.39. The minimum absolute atomic E-state index is 0.228. The fourth-order valence-electron chi connectivity index (χ4n) is 4.19. The van der Waals surface area contributed by atoms with E-state index < -0.39 is 17.8 Å². The maximum absolute atomic E-state index is 13.0. The molecule has 0 radical (unpaired) electrons. The fourth-order valence-corrected chi connectivity index (χ4v) is 4.19. The Hall–Kier alpha value is -3.29. The summed E-state index contributed by atoms with van der Waals surface area (Å²) in [5.41, 5.74) is 1.22. The molecule has 0 saturated heterocycles. The number of ether oxygens (including phenoxy) is 1. The van der Waals surface area contributed by atoms with Crippen molar-refractivity contribution in [2.24, 2.45) is 5.92 Å². The number of aromatic nitrogens is 2. The number of carbonyl (C=O) groups excluding carboxylic acids is 1. The van der Waals surface area contributed by atoms with Crippen molar-refractivity contribution < 1.29 is 22.7 Å². The summed E-state index contributed by atoms with van der Waals surface area (Å²) in [4.78, 5) is 19.7. The number of imidazole rings is 1. The third kappa shape index (κ3) is 6.15. The predicted molar refractivity (Wildman–Crippen MR) is 118 cm³/mol. The van der Waals surface area contributed by atoms with Crippen molar-refractivity contribution in [1.82, 2.24) is 15.3 Å². The lowest BCUT2D eigenvalue weighted by Crippen LogP contribution is -2.31. The van der Waals surface area contributed by atoms with Crippen molar-refractivity contribution in [2.45, 2.75) is 44.4 Å². The molecule has 1 amide bonds. The number of alkyl carbamates (subject to hydrolysis) is 1. The van der Waals surface area contributed by atoms with Gasteiger partial charge < -0.3 is 15.0 Å². The summed E-state index contributed by atoms with van der Waals surface area (Å²) in [6.45, 7) is 0.806. The van der Waals surface area contributed by atoms with Crippen molar-refractivity contribution in [2.75, 3.05) is 6.54 Å². The molecule has 1 saturated carbocycles. The quantitative estimate of drug-likeness (QED) is 0.457. The maximum Gasteiger partial charge on any atom is 0.416 e. The van der Waals surface area contributed by atoms with E-state index in [4.69, 9.17) is 4.74 Å². The smallest absolute Gasteiger partial charge is 0.416 e. The molecular weight excluding hydrogens is 431 g/mol. The van der Waals surface area contributed by atoms with Crippen LogP contribution in [0.4, 0.5) is 18.0 Å². The van der Waals surface area contributed by atoms with Gasteiger partial charge in [-0.05, 0) is 49.3 Å². The standard InChI is InChI=1S/C25H26F3N3O2/c26-25(27,28)21-8-4-7-20(13-21)22-15-29-23(31-22)19-11-9-17(10-12-19)14-30-24(32)33-16-18-5-2-1-3-6-18/h1-8,13,15,17,19H,9-12,14,16H2,(H,29,31)(H,30,32). The number of carbonyl (C=O) groups is 1. The molecule has 5 nitrogen and oxygen atoms in total. The van der Waals surface area contributed by atoms with Gasteiger partial charge in [0.1, 0.15) is 12.4 Å². The first-order chi connectivity index (χ1) is 15.9. The monoisotopic (exact) mass is 457 g/mol. The number of hydrogen-bond donors (Lipinski definition) is 2. The molecule has 0 unspecified atom stereocenters. The number of aromatic amines is 1. The molecule has 1 aliphatic carbocycles. The Bertz CT molecular complexity index is 1060. The maximum atomic E-state index is 13.0. The van der Waals surface area contributed by atoms with Crippen LogP contribution < -0.4 is 5.32 Å². The molecular formula is C25H26F3N3O2. The summed E-state index contributed by atoms with van der Waals surface area (Å²) < 4.78 is 44.2. The number of alkyl halides is 3. The fraction of sp³-hybridized carbons (Fsp3) is 0.360. The zero-order valence-corrected chi connectivity index (χ0v) is 18.1. The molecule has 2 aromatic carbocycles. The molecule has 1 heterocycles. The average molecular weight is 457 g/mol. The largest absolute Gasteiger partial charge is 0.445 e. The number of benzene rings is 2. The van der Waals surface area contributed by atoms with E-state index in [1.54, 1.807) is 12.3 Å². The zero-order chi connectivity index (χ0) is 23.3. The summed E-state index contributed by atoms with van der Waals surface area (Å²) >= 11 is 0. The van der Waals surface area contributed by atoms with Gasteiger partial charge in [-0.1, -0.05) is 42.5 Å². The van der Waals surface area contributed by atoms with Crippen molar-refractivity contribution in [3.8, 4) is 11.3 Å². The van der Waals surface area contributed by atoms with Crippen LogP contribution in [0.25, 0.3) is 11.3 Å². The summed E-state index contributed by atoms with van der Waals surface area (Å²) in [5, 5.41) is 2.84. The van der Waals surface area contributed by atoms with E-state index in [0.717, 1.165) is 49.2 Å². The highest BCUT2D eigenvalue weighted by atomic mass is 19.4. The van der Waals surface area contributed by atoms with E-state index in [-0.39, 0.29) is 12.5 Å². The SMILES string of the molecule is O=C(NCC1CCC(c2nc(-c3cccc(C(F)(F)F)c3)c[nH]2)CC1)OCc1ccccc1.